The second-order valence-electron chi connectivity index (χ2n) is 4.77. The van der Waals surface area contributed by atoms with E-state index in [0.29, 0.717) is 11.7 Å². The van der Waals surface area contributed by atoms with Gasteiger partial charge in [0.05, 0.1) is 6.04 Å². The summed E-state index contributed by atoms with van der Waals surface area (Å²) in [5.41, 5.74) is 0. The van der Waals surface area contributed by atoms with E-state index in [0.717, 1.165) is 24.4 Å². The highest BCUT2D eigenvalue weighted by Gasteiger charge is 2.17. The molecule has 0 aliphatic heterocycles. The highest BCUT2D eigenvalue weighted by molar-refractivity contribution is 7.98. The molecule has 1 atom stereocenters. The van der Waals surface area contributed by atoms with E-state index in [-0.39, 0.29) is 11.9 Å². The Morgan fingerprint density at radius 3 is 2.78 bits per heavy atom. The lowest BCUT2D eigenvalue weighted by Gasteiger charge is -2.13. The van der Waals surface area contributed by atoms with Gasteiger partial charge in [0.25, 0.3) is 0 Å². The molecule has 6 heteroatoms. The summed E-state index contributed by atoms with van der Waals surface area (Å²) in [6.45, 7) is 5.80. The molecule has 1 heterocycles. The minimum Gasteiger partial charge on any atom is -0.346 e. The van der Waals surface area contributed by atoms with Gasteiger partial charge in [-0.25, -0.2) is 4.98 Å². The first-order valence-electron chi connectivity index (χ1n) is 6.20. The number of nitrogens with zero attached hydrogens (tertiary/aromatic N) is 2. The van der Waals surface area contributed by atoms with Crippen molar-refractivity contribution in [3.63, 3.8) is 0 Å². The van der Waals surface area contributed by atoms with E-state index in [1.54, 1.807) is 11.8 Å². The Kier molecular flexibility index (Phi) is 6.18. The number of hydrogen-bond donors (Lipinski definition) is 2. The molecule has 0 radical (unpaired) electrons. The van der Waals surface area contributed by atoms with Gasteiger partial charge in [-0.2, -0.15) is 16.9 Å². The van der Waals surface area contributed by atoms with Crippen molar-refractivity contribution in [1.29, 1.82) is 0 Å². The molecule has 5 nitrogen and oxygen atoms in total. The van der Waals surface area contributed by atoms with Crippen molar-refractivity contribution < 1.29 is 4.79 Å². The van der Waals surface area contributed by atoms with Gasteiger partial charge in [-0.3, -0.25) is 9.89 Å². The molecule has 18 heavy (non-hydrogen) atoms. The molecule has 0 aliphatic rings. The summed E-state index contributed by atoms with van der Waals surface area (Å²) >= 11 is 1.75. The van der Waals surface area contributed by atoms with E-state index in [1.165, 1.54) is 6.92 Å². The molecule has 1 aromatic heterocycles. The average molecular weight is 270 g/mol. The molecule has 1 amide bonds. The van der Waals surface area contributed by atoms with Crippen molar-refractivity contribution in [2.45, 2.75) is 39.7 Å². The van der Waals surface area contributed by atoms with Crippen LogP contribution in [0.3, 0.4) is 0 Å². The molecule has 102 valence electrons. The first-order chi connectivity index (χ1) is 8.52. The van der Waals surface area contributed by atoms with Gasteiger partial charge in [0.1, 0.15) is 5.82 Å². The molecule has 2 N–H and O–H groups in total. The Balaban J connectivity index is 2.71. The van der Waals surface area contributed by atoms with E-state index in [2.05, 4.69) is 34.3 Å². The number of thioether (sulfide) groups is 1. The first-order valence-corrected chi connectivity index (χ1v) is 7.59. The maximum Gasteiger partial charge on any atom is 0.217 e. The lowest BCUT2D eigenvalue weighted by Crippen LogP contribution is -2.27. The standard InChI is InChI=1S/C12H22N4OS/c1-8(2)7-11-14-12(16-15-11)10(5-6-18-4)13-9(3)17/h8,10H,5-7H2,1-4H3,(H,13,17)(H,14,15,16)/t10-/m0/s1. The van der Waals surface area contributed by atoms with E-state index < -0.39 is 0 Å². The molecule has 0 spiro atoms. The summed E-state index contributed by atoms with van der Waals surface area (Å²) in [4.78, 5) is 15.7. The third-order valence-electron chi connectivity index (χ3n) is 2.45. The normalized spacial score (nSPS) is 12.7. The van der Waals surface area contributed by atoms with Crippen molar-refractivity contribution in [2.75, 3.05) is 12.0 Å². The molecule has 0 saturated heterocycles. The predicted molar refractivity (Wildman–Crippen MR) is 74.5 cm³/mol. The molecular weight excluding hydrogens is 248 g/mol. The van der Waals surface area contributed by atoms with E-state index in [1.807, 2.05) is 6.26 Å². The van der Waals surface area contributed by atoms with Crippen molar-refractivity contribution in [3.05, 3.63) is 11.6 Å². The van der Waals surface area contributed by atoms with Gasteiger partial charge in [-0.05, 0) is 24.3 Å². The van der Waals surface area contributed by atoms with Crippen molar-refractivity contribution >= 4 is 17.7 Å². The molecule has 0 saturated carbocycles. The van der Waals surface area contributed by atoms with Crippen LogP contribution in [0.25, 0.3) is 0 Å². The number of aromatic amines is 1. The van der Waals surface area contributed by atoms with Crippen LogP contribution in [0.1, 0.15) is 44.9 Å². The summed E-state index contributed by atoms with van der Waals surface area (Å²) in [7, 11) is 0. The van der Waals surface area contributed by atoms with Gasteiger partial charge in [0.15, 0.2) is 5.82 Å². The molecule has 0 aliphatic carbocycles. The zero-order valence-corrected chi connectivity index (χ0v) is 12.3. The number of hydrogen-bond acceptors (Lipinski definition) is 4. The zero-order chi connectivity index (χ0) is 13.5. The Labute approximate surface area is 113 Å². The lowest BCUT2D eigenvalue weighted by molar-refractivity contribution is -0.119. The van der Waals surface area contributed by atoms with Gasteiger partial charge >= 0.3 is 0 Å². The topological polar surface area (TPSA) is 70.7 Å². The molecule has 0 fully saturated rings. The van der Waals surface area contributed by atoms with Crippen LogP contribution in [-0.4, -0.2) is 33.1 Å². The van der Waals surface area contributed by atoms with Gasteiger partial charge in [-0.1, -0.05) is 13.8 Å². The Bertz CT molecular complexity index is 378. The summed E-state index contributed by atoms with van der Waals surface area (Å²) in [5.74, 6) is 3.04. The number of aromatic nitrogens is 3. The van der Waals surface area contributed by atoms with Crippen LogP contribution in [0.2, 0.25) is 0 Å². The van der Waals surface area contributed by atoms with E-state index in [9.17, 15) is 4.79 Å². The Hall–Kier alpha value is -1.04. The summed E-state index contributed by atoms with van der Waals surface area (Å²) < 4.78 is 0. The van der Waals surface area contributed by atoms with Gasteiger partial charge < -0.3 is 5.32 Å². The second-order valence-corrected chi connectivity index (χ2v) is 5.76. The predicted octanol–water partition coefficient (Wildman–Crippen LogP) is 1.93. The quantitative estimate of drug-likeness (QED) is 0.794. The molecule has 0 bridgehead atoms. The first kappa shape index (κ1) is 15.0. The van der Waals surface area contributed by atoms with Crippen LogP contribution >= 0.6 is 11.8 Å². The fraction of sp³-hybridized carbons (Fsp3) is 0.750. The third kappa shape index (κ3) is 5.08. The fourth-order valence-electron chi connectivity index (χ4n) is 1.69. The van der Waals surface area contributed by atoms with Crippen LogP contribution in [0.4, 0.5) is 0 Å². The molecule has 1 aromatic rings. The minimum atomic E-state index is -0.0906. The van der Waals surface area contributed by atoms with Crippen molar-refractivity contribution in [3.8, 4) is 0 Å². The Morgan fingerprint density at radius 1 is 1.50 bits per heavy atom. The van der Waals surface area contributed by atoms with Gasteiger partial charge in [0.2, 0.25) is 5.91 Å². The molecule has 0 aromatic carbocycles. The molecular formula is C12H22N4OS. The van der Waals surface area contributed by atoms with Crippen molar-refractivity contribution in [1.82, 2.24) is 20.5 Å². The van der Waals surface area contributed by atoms with Crippen LogP contribution in [0.15, 0.2) is 0 Å². The van der Waals surface area contributed by atoms with Crippen LogP contribution in [0.5, 0.6) is 0 Å². The molecule has 1 rings (SSSR count). The highest BCUT2D eigenvalue weighted by atomic mass is 32.2. The average Bonchev–Trinajstić information content (AvgIpc) is 2.71. The maximum atomic E-state index is 11.2. The summed E-state index contributed by atoms with van der Waals surface area (Å²) in [6, 6.07) is -0.0906. The van der Waals surface area contributed by atoms with E-state index in [4.69, 9.17) is 0 Å². The number of rotatable bonds is 7. The number of carbonyl (C=O) groups excluding carboxylic acids is 1. The number of nitrogens with one attached hydrogen (secondary N) is 2. The number of amides is 1. The summed E-state index contributed by atoms with van der Waals surface area (Å²) in [5, 5.41) is 10.1. The number of carbonyl (C=O) groups is 1. The number of H-pyrrole nitrogens is 1. The van der Waals surface area contributed by atoms with Crippen LogP contribution < -0.4 is 5.32 Å². The molecule has 0 unspecified atom stereocenters. The largest absolute Gasteiger partial charge is 0.346 e. The fourth-order valence-corrected chi connectivity index (χ4v) is 2.16. The lowest BCUT2D eigenvalue weighted by atomic mass is 10.1. The second kappa shape index (κ2) is 7.41. The van der Waals surface area contributed by atoms with E-state index >= 15 is 0 Å². The monoisotopic (exact) mass is 270 g/mol. The third-order valence-corrected chi connectivity index (χ3v) is 3.09. The zero-order valence-electron chi connectivity index (χ0n) is 11.5. The minimum absolute atomic E-state index is 0.0451. The maximum absolute atomic E-state index is 11.2. The van der Waals surface area contributed by atoms with Crippen LogP contribution in [-0.2, 0) is 11.2 Å². The van der Waals surface area contributed by atoms with Crippen LogP contribution in [0, 0.1) is 5.92 Å². The smallest absolute Gasteiger partial charge is 0.217 e. The van der Waals surface area contributed by atoms with Gasteiger partial charge in [0, 0.05) is 13.3 Å². The van der Waals surface area contributed by atoms with Crippen molar-refractivity contribution in [2.24, 2.45) is 5.92 Å². The SMILES string of the molecule is CSCC[C@H](NC(C)=O)c1n[nH]c(CC(C)C)n1. The Morgan fingerprint density at radius 2 is 2.22 bits per heavy atom. The highest BCUT2D eigenvalue weighted by Crippen LogP contribution is 2.15. The van der Waals surface area contributed by atoms with Gasteiger partial charge in [-0.15, -0.1) is 0 Å². The summed E-state index contributed by atoms with van der Waals surface area (Å²) in [6.07, 6.45) is 3.77.